The molecule has 0 saturated carbocycles. The highest BCUT2D eigenvalue weighted by atomic mass is 16.4. The average molecular weight is 232 g/mol. The van der Waals surface area contributed by atoms with E-state index in [-0.39, 0.29) is 17.8 Å². The van der Waals surface area contributed by atoms with E-state index in [9.17, 15) is 9.59 Å². The maximum absolute atomic E-state index is 9.45. The highest BCUT2D eigenvalue weighted by molar-refractivity contribution is 5.71. The molecule has 0 spiro atoms. The van der Waals surface area contributed by atoms with Crippen molar-refractivity contribution in [3.8, 4) is 0 Å². The molecule has 15 heavy (non-hydrogen) atoms. The molecule has 0 aliphatic heterocycles. The summed E-state index contributed by atoms with van der Waals surface area (Å²) in [6.45, 7) is 2.39. The maximum atomic E-state index is 9.45. The first kappa shape index (κ1) is 29.2. The first-order valence-corrected chi connectivity index (χ1v) is 3.10. The third-order valence-electron chi connectivity index (χ3n) is 0.715. The Morgan fingerprint density at radius 1 is 0.867 bits per heavy atom. The summed E-state index contributed by atoms with van der Waals surface area (Å²) < 4.78 is 0. The Balaban J connectivity index is -0.0000000370. The summed E-state index contributed by atoms with van der Waals surface area (Å²) in [7, 11) is 0. The predicted molar refractivity (Wildman–Crippen MR) is 52.3 cm³/mol. The van der Waals surface area contributed by atoms with Crippen LogP contribution in [0.1, 0.15) is 13.8 Å². The zero-order valence-corrected chi connectivity index (χ0v) is 8.67. The maximum Gasteiger partial charge on any atom is 0.332 e. The molecule has 12 N–H and O–H groups in total. The van der Waals surface area contributed by atoms with Gasteiger partial charge in [0.15, 0.2) is 0 Å². The van der Waals surface area contributed by atoms with E-state index in [1.807, 2.05) is 0 Å². The summed E-state index contributed by atoms with van der Waals surface area (Å²) >= 11 is 0. The van der Waals surface area contributed by atoms with Crippen molar-refractivity contribution in [3.63, 3.8) is 0 Å². The third kappa shape index (κ3) is 32.3. The van der Waals surface area contributed by atoms with Gasteiger partial charge in [-0.25, -0.2) is 9.59 Å². The average Bonchev–Trinajstić information content (AvgIpc) is 1.88. The van der Waals surface area contributed by atoms with Crippen LogP contribution in [0.3, 0.4) is 0 Å². The van der Waals surface area contributed by atoms with E-state index in [1.165, 1.54) is 13.8 Å². The van der Waals surface area contributed by atoms with Gasteiger partial charge in [0.1, 0.15) is 12.2 Å². The molecule has 0 radical (unpaired) electrons. The molecule has 9 nitrogen and oxygen atoms in total. The lowest BCUT2D eigenvalue weighted by Crippen LogP contribution is -2.13. The molecular formula is C6H20N2O7. The van der Waals surface area contributed by atoms with Gasteiger partial charge in [-0.05, 0) is 13.8 Å². The number of hydrogen-bond donors (Lipinski definition) is 6. The highest BCUT2D eigenvalue weighted by Gasteiger charge is 2.01. The van der Waals surface area contributed by atoms with Crippen LogP contribution in [-0.2, 0) is 9.59 Å². The van der Waals surface area contributed by atoms with E-state index in [4.69, 9.17) is 20.4 Å². The van der Waals surface area contributed by atoms with E-state index in [0.29, 0.717) is 0 Å². The van der Waals surface area contributed by atoms with Crippen LogP contribution in [-0.4, -0.2) is 50.0 Å². The summed E-state index contributed by atoms with van der Waals surface area (Å²) in [6, 6.07) is 0. The Morgan fingerprint density at radius 2 is 0.933 bits per heavy atom. The van der Waals surface area contributed by atoms with E-state index in [1.54, 1.807) is 0 Å². The van der Waals surface area contributed by atoms with Gasteiger partial charge in [0, 0.05) is 0 Å². The molecule has 0 heterocycles. The fourth-order valence-corrected chi connectivity index (χ4v) is 0. The molecule has 0 aromatic carbocycles. The number of carboxylic acid groups (broad SMARTS) is 2. The molecule has 96 valence electrons. The van der Waals surface area contributed by atoms with Gasteiger partial charge in [0.25, 0.3) is 0 Å². The van der Waals surface area contributed by atoms with E-state index >= 15 is 0 Å². The quantitative estimate of drug-likeness (QED) is 0.325. The Labute approximate surface area is 86.8 Å². The summed E-state index contributed by atoms with van der Waals surface area (Å²) in [5, 5.41) is 31.5. The Bertz CT molecular complexity index is 142. The molecular weight excluding hydrogens is 212 g/mol. The largest absolute Gasteiger partial charge is 0.479 e. The molecule has 9 heteroatoms. The van der Waals surface area contributed by atoms with Crippen LogP contribution in [0.5, 0.6) is 0 Å². The molecule has 0 aliphatic carbocycles. The minimum absolute atomic E-state index is 0. The molecule has 0 amide bonds. The fraction of sp³-hybridized carbons (Fsp3) is 0.667. The van der Waals surface area contributed by atoms with E-state index in [0.717, 1.165) is 0 Å². The molecule has 0 saturated heterocycles. The summed E-state index contributed by atoms with van der Waals surface area (Å²) in [5.41, 5.74) is 0. The van der Waals surface area contributed by atoms with Gasteiger partial charge >= 0.3 is 11.9 Å². The van der Waals surface area contributed by atoms with Gasteiger partial charge in [-0.15, -0.1) is 0 Å². The highest BCUT2D eigenvalue weighted by Crippen LogP contribution is 1.73. The lowest BCUT2D eigenvalue weighted by atomic mass is 10.4. The summed E-state index contributed by atoms with van der Waals surface area (Å²) in [4.78, 5) is 18.9. The first-order valence-electron chi connectivity index (χ1n) is 3.10. The zero-order chi connectivity index (χ0) is 10.3. The molecule has 0 aliphatic rings. The minimum Gasteiger partial charge on any atom is -0.479 e. The normalized spacial score (nSPS) is 10.9. The first-order chi connectivity index (χ1) is 5.29. The van der Waals surface area contributed by atoms with Crippen molar-refractivity contribution < 1.29 is 35.5 Å². The van der Waals surface area contributed by atoms with Crippen molar-refractivity contribution in [2.24, 2.45) is 0 Å². The Kier molecular flexibility index (Phi) is 29.6. The van der Waals surface area contributed by atoms with Crippen LogP contribution in [0.2, 0.25) is 0 Å². The van der Waals surface area contributed by atoms with Crippen LogP contribution in [0, 0.1) is 0 Å². The number of rotatable bonds is 2. The third-order valence-corrected chi connectivity index (χ3v) is 0.715. The van der Waals surface area contributed by atoms with E-state index in [2.05, 4.69) is 0 Å². The Morgan fingerprint density at radius 3 is 0.933 bits per heavy atom. The van der Waals surface area contributed by atoms with E-state index < -0.39 is 24.1 Å². The van der Waals surface area contributed by atoms with Crippen molar-refractivity contribution in [1.29, 1.82) is 0 Å². The van der Waals surface area contributed by atoms with Crippen LogP contribution >= 0.6 is 0 Å². The zero-order valence-electron chi connectivity index (χ0n) is 8.67. The number of aliphatic hydroxyl groups excluding tert-OH is 2. The monoisotopic (exact) mass is 232 g/mol. The van der Waals surface area contributed by atoms with Crippen LogP contribution in [0.15, 0.2) is 0 Å². The van der Waals surface area contributed by atoms with Gasteiger partial charge in [-0.3, -0.25) is 0 Å². The fourth-order valence-electron chi connectivity index (χ4n) is 0. The van der Waals surface area contributed by atoms with Gasteiger partial charge < -0.3 is 38.2 Å². The molecule has 0 aromatic rings. The smallest absolute Gasteiger partial charge is 0.332 e. The van der Waals surface area contributed by atoms with Crippen molar-refractivity contribution >= 4 is 11.9 Å². The summed E-state index contributed by atoms with van der Waals surface area (Å²) in [6.07, 6.45) is -2.46. The van der Waals surface area contributed by atoms with Crippen LogP contribution in [0.4, 0.5) is 0 Å². The topological polar surface area (TPSA) is 217 Å². The molecule has 0 fully saturated rings. The number of carboxylic acids is 2. The second-order valence-corrected chi connectivity index (χ2v) is 2.03. The molecule has 0 bridgehead atoms. The standard InChI is InChI=1S/2C3H6O3.2H3N.H2O/c2*1-2(4)3(5)6;;;/h2*2,4H,1H3,(H,5,6);2*1H3;1H2. The van der Waals surface area contributed by atoms with Crippen molar-refractivity contribution in [3.05, 3.63) is 0 Å². The van der Waals surface area contributed by atoms with Crippen molar-refractivity contribution in [2.45, 2.75) is 26.1 Å². The second-order valence-electron chi connectivity index (χ2n) is 2.03. The molecule has 0 rings (SSSR count). The van der Waals surface area contributed by atoms with Crippen LogP contribution in [0.25, 0.3) is 0 Å². The Hall–Kier alpha value is -1.26. The van der Waals surface area contributed by atoms with Crippen molar-refractivity contribution in [2.75, 3.05) is 0 Å². The minimum atomic E-state index is -1.23. The molecule has 2 atom stereocenters. The number of hydrogen-bond acceptors (Lipinski definition) is 6. The number of aliphatic carboxylic acids is 2. The van der Waals surface area contributed by atoms with Gasteiger partial charge in [0.05, 0.1) is 0 Å². The van der Waals surface area contributed by atoms with Gasteiger partial charge in [-0.2, -0.15) is 0 Å². The lowest BCUT2D eigenvalue weighted by Gasteiger charge is -1.89. The molecule has 2 unspecified atom stereocenters. The van der Waals surface area contributed by atoms with Crippen molar-refractivity contribution in [1.82, 2.24) is 12.3 Å². The number of aliphatic hydroxyl groups is 2. The van der Waals surface area contributed by atoms with Crippen LogP contribution < -0.4 is 12.3 Å². The second kappa shape index (κ2) is 15.2. The van der Waals surface area contributed by atoms with Gasteiger partial charge in [0.2, 0.25) is 0 Å². The SMILES string of the molecule is CC(O)C(=O)O.CC(O)C(=O)O.N.N.O. The number of carbonyl (C=O) groups is 2. The predicted octanol–water partition coefficient (Wildman–Crippen LogP) is -1.60. The van der Waals surface area contributed by atoms with Gasteiger partial charge in [-0.1, -0.05) is 0 Å². The molecule has 0 aromatic heterocycles. The lowest BCUT2D eigenvalue weighted by molar-refractivity contribution is -0.146. The summed E-state index contributed by atoms with van der Waals surface area (Å²) in [5.74, 6) is -2.37.